The number of halogens is 1. The highest BCUT2D eigenvalue weighted by atomic mass is 19.1. The molecule has 2 aromatic rings. The molecule has 0 aliphatic carbocycles. The number of carbonyl (C=O) groups is 3. The lowest BCUT2D eigenvalue weighted by Crippen LogP contribution is -2.43. The van der Waals surface area contributed by atoms with E-state index in [0.717, 1.165) is 4.90 Å². The summed E-state index contributed by atoms with van der Waals surface area (Å²) < 4.78 is 18.0. The van der Waals surface area contributed by atoms with Crippen molar-refractivity contribution < 1.29 is 23.5 Å². The first-order valence-electron chi connectivity index (χ1n) is 8.72. The van der Waals surface area contributed by atoms with Crippen molar-refractivity contribution in [2.75, 3.05) is 23.9 Å². The second kappa shape index (κ2) is 7.30. The van der Waals surface area contributed by atoms with E-state index in [1.54, 1.807) is 24.3 Å². The predicted octanol–water partition coefficient (Wildman–Crippen LogP) is 1.77. The Hall–Kier alpha value is -3.82. The smallest absolute Gasteiger partial charge is 0.263 e. The van der Waals surface area contributed by atoms with Gasteiger partial charge in [0.1, 0.15) is 18.1 Å². The van der Waals surface area contributed by atoms with Crippen molar-refractivity contribution in [1.82, 2.24) is 5.01 Å². The van der Waals surface area contributed by atoms with Gasteiger partial charge in [-0.05, 0) is 48.5 Å². The monoisotopic (exact) mass is 397 g/mol. The Labute approximate surface area is 164 Å². The summed E-state index contributed by atoms with van der Waals surface area (Å²) in [6.45, 7) is -0.280. The molecule has 0 radical (unpaired) electrons. The average molecular weight is 397 g/mol. The van der Waals surface area contributed by atoms with Gasteiger partial charge in [0.05, 0.1) is 12.8 Å². The second-order valence-electron chi connectivity index (χ2n) is 6.46. The molecular formula is C19H16FN5O4. The van der Waals surface area contributed by atoms with Gasteiger partial charge >= 0.3 is 0 Å². The third-order valence-corrected chi connectivity index (χ3v) is 4.62. The number of benzene rings is 2. The summed E-state index contributed by atoms with van der Waals surface area (Å²) in [7, 11) is 1.51. The number of nitrogens with zero attached hydrogens (tertiary/aromatic N) is 4. The number of carbonyl (C=O) groups excluding carboxylic acids is 3. The highest BCUT2D eigenvalue weighted by Crippen LogP contribution is 2.32. The number of hydrogen-bond donors (Lipinski definition) is 1. The molecule has 0 saturated carbocycles. The van der Waals surface area contributed by atoms with Crippen LogP contribution in [0.4, 0.5) is 15.8 Å². The maximum Gasteiger partial charge on any atom is 0.263 e. The summed E-state index contributed by atoms with van der Waals surface area (Å²) in [4.78, 5) is 38.9. The third-order valence-electron chi connectivity index (χ3n) is 4.62. The minimum absolute atomic E-state index is 0.280. The molecule has 1 N–H and O–H groups in total. The molecule has 1 fully saturated rings. The Morgan fingerprint density at radius 3 is 2.45 bits per heavy atom. The number of nitrogens with one attached hydrogen (secondary N) is 1. The Morgan fingerprint density at radius 1 is 1.10 bits per heavy atom. The van der Waals surface area contributed by atoms with Gasteiger partial charge < -0.3 is 10.1 Å². The van der Waals surface area contributed by atoms with E-state index in [2.05, 4.69) is 15.7 Å². The SMILES string of the molecule is COc1ccc(N2C(=O)[C@H]3N=NN(CC(=O)Nc4ccc(F)cc4)[C@@H]3C2=O)cc1. The number of anilines is 2. The Kier molecular flexibility index (Phi) is 4.67. The van der Waals surface area contributed by atoms with E-state index in [-0.39, 0.29) is 6.54 Å². The van der Waals surface area contributed by atoms with Crippen LogP contribution in [0, 0.1) is 5.82 Å². The van der Waals surface area contributed by atoms with E-state index in [1.807, 2.05) is 0 Å². The lowest BCUT2D eigenvalue weighted by Gasteiger charge is -2.20. The van der Waals surface area contributed by atoms with Crippen molar-refractivity contribution in [2.45, 2.75) is 12.1 Å². The highest BCUT2D eigenvalue weighted by molar-refractivity contribution is 6.25. The molecule has 4 rings (SSSR count). The van der Waals surface area contributed by atoms with Gasteiger partial charge in [0, 0.05) is 5.69 Å². The van der Waals surface area contributed by atoms with Crippen LogP contribution in [0.1, 0.15) is 0 Å². The summed E-state index contributed by atoms with van der Waals surface area (Å²) in [6.07, 6.45) is 0. The largest absolute Gasteiger partial charge is 0.497 e. The van der Waals surface area contributed by atoms with Gasteiger partial charge in [-0.3, -0.25) is 19.4 Å². The van der Waals surface area contributed by atoms with E-state index in [4.69, 9.17) is 4.74 Å². The molecule has 1 saturated heterocycles. The maximum atomic E-state index is 13.0. The minimum Gasteiger partial charge on any atom is -0.497 e. The van der Waals surface area contributed by atoms with E-state index in [0.29, 0.717) is 17.1 Å². The molecule has 2 aromatic carbocycles. The van der Waals surface area contributed by atoms with E-state index < -0.39 is 35.6 Å². The van der Waals surface area contributed by atoms with Gasteiger partial charge in [0.2, 0.25) is 5.91 Å². The number of amides is 3. The summed E-state index contributed by atoms with van der Waals surface area (Å²) in [5.41, 5.74) is 0.791. The number of fused-ring (bicyclic) bond motifs is 1. The van der Waals surface area contributed by atoms with Crippen LogP contribution in [0.15, 0.2) is 58.9 Å². The molecular weight excluding hydrogens is 381 g/mol. The second-order valence-corrected chi connectivity index (χ2v) is 6.46. The van der Waals surface area contributed by atoms with E-state index >= 15 is 0 Å². The van der Waals surface area contributed by atoms with Crippen molar-refractivity contribution in [3.8, 4) is 5.75 Å². The Morgan fingerprint density at radius 2 is 1.79 bits per heavy atom. The zero-order chi connectivity index (χ0) is 20.5. The topological polar surface area (TPSA) is 104 Å². The van der Waals surface area contributed by atoms with Gasteiger partial charge in [0.15, 0.2) is 12.1 Å². The number of ether oxygens (including phenoxy) is 1. The van der Waals surface area contributed by atoms with Gasteiger partial charge in [-0.2, -0.15) is 5.11 Å². The molecule has 148 valence electrons. The highest BCUT2D eigenvalue weighted by Gasteiger charge is 2.55. The number of methoxy groups -OCH3 is 1. The molecule has 2 heterocycles. The van der Waals surface area contributed by atoms with E-state index in [9.17, 15) is 18.8 Å². The summed E-state index contributed by atoms with van der Waals surface area (Å²) in [5, 5.41) is 11.5. The van der Waals surface area contributed by atoms with Crippen molar-refractivity contribution in [2.24, 2.45) is 10.3 Å². The summed E-state index contributed by atoms with van der Waals surface area (Å²) in [5.74, 6) is -1.32. The molecule has 2 aliphatic heterocycles. The normalized spacial score (nSPS) is 20.2. The molecule has 29 heavy (non-hydrogen) atoms. The Bertz CT molecular complexity index is 993. The van der Waals surface area contributed by atoms with Crippen LogP contribution in [-0.4, -0.2) is 48.5 Å². The summed E-state index contributed by atoms with van der Waals surface area (Å²) in [6, 6.07) is 9.75. The van der Waals surface area contributed by atoms with Crippen LogP contribution in [0.3, 0.4) is 0 Å². The zero-order valence-electron chi connectivity index (χ0n) is 15.3. The molecule has 10 heteroatoms. The average Bonchev–Trinajstić information content (AvgIpc) is 3.23. The molecule has 0 aromatic heterocycles. The molecule has 0 bridgehead atoms. The fraction of sp³-hybridized carbons (Fsp3) is 0.211. The van der Waals surface area contributed by atoms with Gasteiger partial charge in [-0.25, -0.2) is 9.29 Å². The first-order chi connectivity index (χ1) is 14.0. The lowest BCUT2D eigenvalue weighted by molar-refractivity contribution is -0.123. The Balaban J connectivity index is 1.47. The lowest BCUT2D eigenvalue weighted by atomic mass is 10.1. The molecule has 0 unspecified atom stereocenters. The van der Waals surface area contributed by atoms with Crippen molar-refractivity contribution in [1.29, 1.82) is 0 Å². The van der Waals surface area contributed by atoms with Gasteiger partial charge in [-0.1, -0.05) is 5.22 Å². The van der Waals surface area contributed by atoms with Crippen LogP contribution in [0.5, 0.6) is 5.75 Å². The van der Waals surface area contributed by atoms with Crippen molar-refractivity contribution in [3.63, 3.8) is 0 Å². The van der Waals surface area contributed by atoms with Crippen molar-refractivity contribution >= 4 is 29.1 Å². The van der Waals surface area contributed by atoms with Crippen LogP contribution in [0.2, 0.25) is 0 Å². The molecule has 9 nitrogen and oxygen atoms in total. The molecule has 0 spiro atoms. The van der Waals surface area contributed by atoms with Gasteiger partial charge in [-0.15, -0.1) is 0 Å². The predicted molar refractivity (Wildman–Crippen MR) is 99.7 cm³/mol. The quantitative estimate of drug-likeness (QED) is 0.775. The number of rotatable bonds is 5. The molecule has 3 amide bonds. The fourth-order valence-corrected chi connectivity index (χ4v) is 3.22. The van der Waals surface area contributed by atoms with Crippen LogP contribution in [0.25, 0.3) is 0 Å². The molecule has 2 atom stereocenters. The van der Waals surface area contributed by atoms with Crippen LogP contribution in [-0.2, 0) is 14.4 Å². The summed E-state index contributed by atoms with van der Waals surface area (Å²) >= 11 is 0. The van der Waals surface area contributed by atoms with Crippen LogP contribution < -0.4 is 15.0 Å². The minimum atomic E-state index is -0.997. The first kappa shape index (κ1) is 18.5. The standard InChI is InChI=1S/C19H16FN5O4/c1-29-14-8-6-13(7-9-14)25-18(27)16-17(19(25)28)24(23-22-16)10-15(26)21-12-4-2-11(20)3-5-12/h2-9,16-17H,10H2,1H3,(H,21,26)/t16-,17-/m0/s1. The van der Waals surface area contributed by atoms with E-state index in [1.165, 1.54) is 36.4 Å². The van der Waals surface area contributed by atoms with Crippen molar-refractivity contribution in [3.05, 3.63) is 54.3 Å². The fourth-order valence-electron chi connectivity index (χ4n) is 3.22. The molecule has 2 aliphatic rings. The third kappa shape index (κ3) is 3.40. The maximum absolute atomic E-state index is 13.0. The van der Waals surface area contributed by atoms with Gasteiger partial charge in [0.25, 0.3) is 11.8 Å². The number of hydrogen-bond acceptors (Lipinski definition) is 7. The zero-order valence-corrected chi connectivity index (χ0v) is 15.3. The number of imide groups is 1. The first-order valence-corrected chi connectivity index (χ1v) is 8.72. The van der Waals surface area contributed by atoms with Crippen LogP contribution >= 0.6 is 0 Å².